The van der Waals surface area contributed by atoms with Crippen molar-refractivity contribution >= 4 is 33.0 Å². The number of piperidine rings is 1. The zero-order chi connectivity index (χ0) is 18.7. The second-order valence-corrected chi connectivity index (χ2v) is 9.41. The number of anilines is 1. The number of hydrogen-bond acceptors (Lipinski definition) is 4. The van der Waals surface area contributed by atoms with Crippen molar-refractivity contribution < 1.29 is 13.2 Å². The predicted molar refractivity (Wildman–Crippen MR) is 107 cm³/mol. The summed E-state index contributed by atoms with van der Waals surface area (Å²) in [5, 5.41) is 3.84. The molecule has 1 aromatic rings. The molecule has 0 bridgehead atoms. The van der Waals surface area contributed by atoms with Crippen LogP contribution in [-0.4, -0.2) is 61.1 Å². The minimum atomic E-state index is -3.40. The summed E-state index contributed by atoms with van der Waals surface area (Å²) in [6.45, 7) is 6.78. The van der Waals surface area contributed by atoms with Crippen molar-refractivity contribution in [2.45, 2.75) is 50.2 Å². The second kappa shape index (κ2) is 8.21. The standard InChI is InChI=1S/C18H27N3O3S2/c1-14-12-20(13-15(2)24-14)18(25)19-16-6-8-17(9-7-16)26(22,23)21-10-4-3-5-11-21/h6-9,14-15H,3-5,10-13H2,1-2H3,(H,19,25)/t14-,15+. The van der Waals surface area contributed by atoms with Gasteiger partial charge in [0.2, 0.25) is 10.0 Å². The maximum Gasteiger partial charge on any atom is 0.243 e. The summed E-state index contributed by atoms with van der Waals surface area (Å²) >= 11 is 5.50. The molecule has 0 amide bonds. The molecule has 26 heavy (non-hydrogen) atoms. The minimum absolute atomic E-state index is 0.135. The number of nitrogens with zero attached hydrogens (tertiary/aromatic N) is 2. The Hall–Kier alpha value is -1.22. The van der Waals surface area contributed by atoms with Crippen molar-refractivity contribution in [2.75, 3.05) is 31.5 Å². The van der Waals surface area contributed by atoms with Crippen molar-refractivity contribution in [2.24, 2.45) is 0 Å². The largest absolute Gasteiger partial charge is 0.372 e. The van der Waals surface area contributed by atoms with E-state index in [1.165, 1.54) is 0 Å². The van der Waals surface area contributed by atoms with Gasteiger partial charge >= 0.3 is 0 Å². The van der Waals surface area contributed by atoms with Gasteiger partial charge in [0.25, 0.3) is 0 Å². The van der Waals surface area contributed by atoms with Crippen molar-refractivity contribution in [3.63, 3.8) is 0 Å². The lowest BCUT2D eigenvalue weighted by molar-refractivity contribution is -0.0473. The molecule has 8 heteroatoms. The van der Waals surface area contributed by atoms with Crippen molar-refractivity contribution in [3.8, 4) is 0 Å². The van der Waals surface area contributed by atoms with Crippen LogP contribution in [0.4, 0.5) is 5.69 Å². The average Bonchev–Trinajstić information content (AvgIpc) is 2.62. The lowest BCUT2D eigenvalue weighted by Crippen LogP contribution is -2.49. The number of thiocarbonyl (C=S) groups is 1. The van der Waals surface area contributed by atoms with E-state index in [-0.39, 0.29) is 12.2 Å². The van der Waals surface area contributed by atoms with Gasteiger partial charge in [0.05, 0.1) is 17.1 Å². The monoisotopic (exact) mass is 397 g/mol. The van der Waals surface area contributed by atoms with Crippen LogP contribution in [0.15, 0.2) is 29.2 Å². The molecule has 2 fully saturated rings. The van der Waals surface area contributed by atoms with Crippen LogP contribution in [0.1, 0.15) is 33.1 Å². The maximum absolute atomic E-state index is 12.7. The van der Waals surface area contributed by atoms with E-state index in [4.69, 9.17) is 17.0 Å². The molecule has 1 aromatic carbocycles. The molecule has 144 valence electrons. The molecule has 0 saturated carbocycles. The van der Waals surface area contributed by atoms with Crippen LogP contribution in [0.25, 0.3) is 0 Å². The molecular formula is C18H27N3O3S2. The lowest BCUT2D eigenvalue weighted by Gasteiger charge is -2.36. The van der Waals surface area contributed by atoms with Gasteiger partial charge in [-0.05, 0) is 63.2 Å². The Labute approximate surface area is 161 Å². The Balaban J connectivity index is 1.65. The number of sulfonamides is 1. The van der Waals surface area contributed by atoms with E-state index < -0.39 is 10.0 Å². The fourth-order valence-corrected chi connectivity index (χ4v) is 5.29. The zero-order valence-electron chi connectivity index (χ0n) is 15.3. The molecule has 2 aliphatic heterocycles. The molecular weight excluding hydrogens is 370 g/mol. The molecule has 2 atom stereocenters. The SMILES string of the molecule is C[C@@H]1CN(C(=S)Nc2ccc(S(=O)(=O)N3CCCCC3)cc2)C[C@H](C)O1. The molecule has 2 saturated heterocycles. The van der Waals surface area contributed by atoms with Crippen LogP contribution in [-0.2, 0) is 14.8 Å². The Bertz CT molecular complexity index is 721. The van der Waals surface area contributed by atoms with Crippen LogP contribution in [0.2, 0.25) is 0 Å². The molecule has 3 rings (SSSR count). The van der Waals surface area contributed by atoms with E-state index in [2.05, 4.69) is 10.2 Å². The first-order valence-electron chi connectivity index (χ1n) is 9.18. The fourth-order valence-electron chi connectivity index (χ4n) is 3.51. The highest BCUT2D eigenvalue weighted by atomic mass is 32.2. The van der Waals surface area contributed by atoms with Gasteiger partial charge in [0.15, 0.2) is 5.11 Å². The predicted octanol–water partition coefficient (Wildman–Crippen LogP) is 2.67. The van der Waals surface area contributed by atoms with Crippen molar-refractivity contribution in [3.05, 3.63) is 24.3 Å². The smallest absolute Gasteiger partial charge is 0.243 e. The number of rotatable bonds is 3. The average molecular weight is 398 g/mol. The van der Waals surface area contributed by atoms with Gasteiger partial charge in [0.1, 0.15) is 0 Å². The Kier molecular flexibility index (Phi) is 6.17. The first kappa shape index (κ1) is 19.5. The molecule has 0 aromatic heterocycles. The fraction of sp³-hybridized carbons (Fsp3) is 0.611. The Morgan fingerprint density at radius 2 is 1.65 bits per heavy atom. The normalized spacial score (nSPS) is 25.1. The van der Waals surface area contributed by atoms with Gasteiger partial charge in [-0.25, -0.2) is 8.42 Å². The quantitative estimate of drug-likeness (QED) is 0.792. The summed E-state index contributed by atoms with van der Waals surface area (Å²) in [5.41, 5.74) is 0.791. The van der Waals surface area contributed by atoms with E-state index >= 15 is 0 Å². The number of benzene rings is 1. The van der Waals surface area contributed by atoms with Crippen LogP contribution < -0.4 is 5.32 Å². The van der Waals surface area contributed by atoms with Gasteiger partial charge in [-0.1, -0.05) is 6.42 Å². The first-order chi connectivity index (χ1) is 12.4. The van der Waals surface area contributed by atoms with Crippen LogP contribution >= 0.6 is 12.2 Å². The third kappa shape index (κ3) is 4.54. The molecule has 0 spiro atoms. The summed E-state index contributed by atoms with van der Waals surface area (Å²) in [4.78, 5) is 2.43. The Morgan fingerprint density at radius 3 is 2.23 bits per heavy atom. The van der Waals surface area contributed by atoms with Crippen molar-refractivity contribution in [1.82, 2.24) is 9.21 Å². The topological polar surface area (TPSA) is 61.9 Å². The number of morpholine rings is 1. The highest BCUT2D eigenvalue weighted by molar-refractivity contribution is 7.89. The summed E-state index contributed by atoms with van der Waals surface area (Å²) in [6.07, 6.45) is 3.24. The molecule has 0 aliphatic carbocycles. The minimum Gasteiger partial charge on any atom is -0.372 e. The van der Waals surface area contributed by atoms with E-state index in [1.54, 1.807) is 28.6 Å². The molecule has 2 heterocycles. The van der Waals surface area contributed by atoms with E-state index in [1.807, 2.05) is 13.8 Å². The Morgan fingerprint density at radius 1 is 1.08 bits per heavy atom. The van der Waals surface area contributed by atoms with Gasteiger partial charge in [0, 0.05) is 31.9 Å². The third-order valence-electron chi connectivity index (χ3n) is 4.77. The van der Waals surface area contributed by atoms with Crippen LogP contribution in [0.3, 0.4) is 0 Å². The molecule has 0 radical (unpaired) electrons. The highest BCUT2D eigenvalue weighted by Gasteiger charge is 2.26. The number of ether oxygens (including phenoxy) is 1. The first-order valence-corrected chi connectivity index (χ1v) is 11.0. The van der Waals surface area contributed by atoms with E-state index in [0.717, 1.165) is 38.0 Å². The van der Waals surface area contributed by atoms with Gasteiger partial charge in [-0.15, -0.1) is 0 Å². The van der Waals surface area contributed by atoms with Gasteiger partial charge in [-0.3, -0.25) is 0 Å². The lowest BCUT2D eigenvalue weighted by atomic mass is 10.2. The molecule has 2 aliphatic rings. The zero-order valence-corrected chi connectivity index (χ0v) is 17.0. The molecule has 6 nitrogen and oxygen atoms in total. The van der Waals surface area contributed by atoms with Crippen LogP contribution in [0.5, 0.6) is 0 Å². The highest BCUT2D eigenvalue weighted by Crippen LogP contribution is 2.22. The summed E-state index contributed by atoms with van der Waals surface area (Å²) < 4.78 is 32.7. The van der Waals surface area contributed by atoms with Crippen LogP contribution in [0, 0.1) is 0 Å². The summed E-state index contributed by atoms with van der Waals surface area (Å²) in [7, 11) is -3.40. The van der Waals surface area contributed by atoms with Crippen molar-refractivity contribution in [1.29, 1.82) is 0 Å². The van der Waals surface area contributed by atoms with Gasteiger partial charge < -0.3 is 15.0 Å². The number of hydrogen-bond donors (Lipinski definition) is 1. The number of nitrogens with one attached hydrogen (secondary N) is 1. The van der Waals surface area contributed by atoms with E-state index in [9.17, 15) is 8.42 Å². The molecule has 0 unspecified atom stereocenters. The van der Waals surface area contributed by atoms with Gasteiger partial charge in [-0.2, -0.15) is 4.31 Å². The summed E-state index contributed by atoms with van der Waals surface area (Å²) in [5.74, 6) is 0. The summed E-state index contributed by atoms with van der Waals surface area (Å²) in [6, 6.07) is 6.85. The third-order valence-corrected chi connectivity index (χ3v) is 7.04. The second-order valence-electron chi connectivity index (χ2n) is 7.08. The molecule has 1 N–H and O–H groups in total. The van der Waals surface area contributed by atoms with E-state index in [0.29, 0.717) is 23.1 Å². The maximum atomic E-state index is 12.7.